The smallest absolute Gasteiger partial charge is 0.200 e. The van der Waals surface area contributed by atoms with E-state index in [9.17, 15) is 4.39 Å². The number of nitrogens with zero attached hydrogens (tertiary/aromatic N) is 1. The van der Waals surface area contributed by atoms with Crippen molar-refractivity contribution in [2.24, 2.45) is 0 Å². The van der Waals surface area contributed by atoms with E-state index in [-0.39, 0.29) is 5.82 Å². The summed E-state index contributed by atoms with van der Waals surface area (Å²) in [6.07, 6.45) is 1.97. The number of fused-ring (bicyclic) bond motifs is 1. The highest BCUT2D eigenvalue weighted by Gasteiger charge is 2.16. The minimum Gasteiger partial charge on any atom is -0.316 e. The van der Waals surface area contributed by atoms with Crippen LogP contribution in [-0.2, 0) is 18.6 Å². The molecule has 0 radical (unpaired) electrons. The fourth-order valence-electron chi connectivity index (χ4n) is 2.71. The van der Waals surface area contributed by atoms with Crippen LogP contribution in [0.5, 0.6) is 0 Å². The molecule has 112 valence electrons. The van der Waals surface area contributed by atoms with Gasteiger partial charge in [0, 0.05) is 10.6 Å². The van der Waals surface area contributed by atoms with Gasteiger partial charge in [-0.05, 0) is 54.8 Å². The van der Waals surface area contributed by atoms with E-state index >= 15 is 0 Å². The molecule has 0 aliphatic carbocycles. The lowest BCUT2D eigenvalue weighted by Gasteiger charge is -2.14. The van der Waals surface area contributed by atoms with Gasteiger partial charge in [0.1, 0.15) is 5.82 Å². The van der Waals surface area contributed by atoms with Crippen LogP contribution in [0.15, 0.2) is 41.3 Å². The van der Waals surface area contributed by atoms with Crippen LogP contribution < -0.4 is 5.32 Å². The molecule has 0 aromatic heterocycles. The number of nitrogens with one attached hydrogen (secondary N) is 1. The van der Waals surface area contributed by atoms with Gasteiger partial charge in [-0.2, -0.15) is 0 Å². The fourth-order valence-corrected chi connectivity index (χ4v) is 3.88. The molecule has 1 aliphatic heterocycles. The van der Waals surface area contributed by atoms with E-state index in [0.29, 0.717) is 0 Å². The molecular weight excluding hydrogens is 295 g/mol. The normalized spacial score (nSPS) is 14.0. The molecule has 3 rings (SSSR count). The van der Waals surface area contributed by atoms with Crippen LogP contribution in [0, 0.1) is 12.4 Å². The first-order valence-corrected chi connectivity index (χ1v) is 8.36. The zero-order chi connectivity index (χ0) is 15.4. The van der Waals surface area contributed by atoms with E-state index in [4.69, 9.17) is 6.57 Å². The zero-order valence-corrected chi connectivity index (χ0v) is 13.0. The lowest BCUT2D eigenvalue weighted by Crippen LogP contribution is -2.16. The first-order valence-electron chi connectivity index (χ1n) is 7.38. The molecule has 4 heteroatoms. The Balaban J connectivity index is 1.88. The molecule has 2 aromatic carbocycles. The second kappa shape index (κ2) is 6.95. The molecule has 2 nitrogen and oxygen atoms in total. The highest BCUT2D eigenvalue weighted by molar-refractivity contribution is 7.98. The summed E-state index contributed by atoms with van der Waals surface area (Å²) in [6, 6.07) is 10.6. The monoisotopic (exact) mass is 312 g/mol. The molecule has 1 heterocycles. The predicted octanol–water partition coefficient (Wildman–Crippen LogP) is 4.36. The maximum absolute atomic E-state index is 13.0. The standard InChI is InChI=1S/C18H17FN2S/c1-20-17-7-4-14-8-10-21-11-9-16(14)18(17)22-12-13-2-5-15(19)6-3-13/h2-7,21H,8-12H2. The summed E-state index contributed by atoms with van der Waals surface area (Å²) < 4.78 is 13.0. The van der Waals surface area contributed by atoms with Crippen LogP contribution in [0.4, 0.5) is 10.1 Å². The summed E-state index contributed by atoms with van der Waals surface area (Å²) in [4.78, 5) is 4.78. The van der Waals surface area contributed by atoms with E-state index < -0.39 is 0 Å². The first-order chi connectivity index (χ1) is 10.8. The molecule has 1 aliphatic rings. The molecule has 1 N–H and O–H groups in total. The summed E-state index contributed by atoms with van der Waals surface area (Å²) in [6.45, 7) is 9.36. The van der Waals surface area contributed by atoms with Crippen molar-refractivity contribution < 1.29 is 4.39 Å². The van der Waals surface area contributed by atoms with E-state index in [1.54, 1.807) is 11.8 Å². The number of halogens is 1. The summed E-state index contributed by atoms with van der Waals surface area (Å²) in [5.74, 6) is 0.544. The summed E-state index contributed by atoms with van der Waals surface area (Å²) >= 11 is 1.69. The minimum absolute atomic E-state index is 0.213. The highest BCUT2D eigenvalue weighted by atomic mass is 32.2. The predicted molar refractivity (Wildman–Crippen MR) is 88.9 cm³/mol. The van der Waals surface area contributed by atoms with Crippen LogP contribution >= 0.6 is 11.8 Å². The van der Waals surface area contributed by atoms with Crippen molar-refractivity contribution in [3.8, 4) is 0 Å². The van der Waals surface area contributed by atoms with Crippen molar-refractivity contribution >= 4 is 17.4 Å². The van der Waals surface area contributed by atoms with Gasteiger partial charge in [-0.15, -0.1) is 11.8 Å². The average molecular weight is 312 g/mol. The second-order valence-corrected chi connectivity index (χ2v) is 6.31. The summed E-state index contributed by atoms with van der Waals surface area (Å²) in [5.41, 5.74) is 4.46. The molecule has 0 bridgehead atoms. The van der Waals surface area contributed by atoms with Gasteiger partial charge in [0.05, 0.1) is 6.57 Å². The van der Waals surface area contributed by atoms with Gasteiger partial charge in [-0.3, -0.25) is 0 Å². The third-order valence-corrected chi connectivity index (χ3v) is 5.10. The van der Waals surface area contributed by atoms with Gasteiger partial charge in [0.2, 0.25) is 5.69 Å². The van der Waals surface area contributed by atoms with Crippen LogP contribution in [0.2, 0.25) is 0 Å². The maximum Gasteiger partial charge on any atom is 0.200 e. The fraction of sp³-hybridized carbons (Fsp3) is 0.278. The molecular formula is C18H17FN2S. The van der Waals surface area contributed by atoms with Crippen molar-refractivity contribution in [2.75, 3.05) is 13.1 Å². The Kier molecular flexibility index (Phi) is 4.77. The molecule has 2 aromatic rings. The maximum atomic E-state index is 13.0. The Hall–Kier alpha value is -1.83. The van der Waals surface area contributed by atoms with Crippen molar-refractivity contribution in [1.82, 2.24) is 5.32 Å². The Morgan fingerprint density at radius 3 is 2.64 bits per heavy atom. The average Bonchev–Trinajstić information content (AvgIpc) is 2.79. The molecule has 0 spiro atoms. The first kappa shape index (κ1) is 15.1. The lowest BCUT2D eigenvalue weighted by molar-refractivity contribution is 0.627. The Morgan fingerprint density at radius 1 is 1.09 bits per heavy atom. The third-order valence-electron chi connectivity index (χ3n) is 3.88. The van der Waals surface area contributed by atoms with Gasteiger partial charge < -0.3 is 5.32 Å². The van der Waals surface area contributed by atoms with Crippen molar-refractivity contribution in [1.29, 1.82) is 0 Å². The topological polar surface area (TPSA) is 16.4 Å². The Labute approximate surface area is 134 Å². The summed E-state index contributed by atoms with van der Waals surface area (Å²) in [5, 5.41) is 3.41. The third kappa shape index (κ3) is 3.32. The van der Waals surface area contributed by atoms with Gasteiger partial charge in [-0.1, -0.05) is 24.3 Å². The lowest BCUT2D eigenvalue weighted by atomic mass is 10.0. The molecule has 0 saturated heterocycles. The number of benzene rings is 2. The van der Waals surface area contributed by atoms with E-state index in [1.807, 2.05) is 18.2 Å². The Bertz CT molecular complexity index is 704. The number of hydrogen-bond donors (Lipinski definition) is 1. The van der Waals surface area contributed by atoms with Gasteiger partial charge in [-0.25, -0.2) is 9.24 Å². The van der Waals surface area contributed by atoms with E-state index in [0.717, 1.165) is 47.8 Å². The quantitative estimate of drug-likeness (QED) is 0.670. The molecule has 0 saturated carbocycles. The molecule has 22 heavy (non-hydrogen) atoms. The Morgan fingerprint density at radius 2 is 1.86 bits per heavy atom. The number of thioether (sulfide) groups is 1. The van der Waals surface area contributed by atoms with Crippen molar-refractivity contribution in [3.63, 3.8) is 0 Å². The number of rotatable bonds is 3. The van der Waals surface area contributed by atoms with Gasteiger partial charge in [0.25, 0.3) is 0 Å². The second-order valence-electron chi connectivity index (χ2n) is 5.33. The van der Waals surface area contributed by atoms with Crippen LogP contribution in [-0.4, -0.2) is 13.1 Å². The SMILES string of the molecule is [C-]#[N+]c1ccc2c(c1SCc1ccc(F)cc1)CCNCC2. The zero-order valence-electron chi connectivity index (χ0n) is 12.2. The molecule has 0 amide bonds. The van der Waals surface area contributed by atoms with Crippen LogP contribution in [0.1, 0.15) is 16.7 Å². The van der Waals surface area contributed by atoms with Crippen LogP contribution in [0.3, 0.4) is 0 Å². The van der Waals surface area contributed by atoms with Gasteiger partial charge >= 0.3 is 0 Å². The van der Waals surface area contributed by atoms with Crippen LogP contribution in [0.25, 0.3) is 4.85 Å². The largest absolute Gasteiger partial charge is 0.316 e. The van der Waals surface area contributed by atoms with E-state index in [2.05, 4.69) is 16.2 Å². The number of hydrogen-bond acceptors (Lipinski definition) is 2. The van der Waals surface area contributed by atoms with Gasteiger partial charge in [0.15, 0.2) is 0 Å². The van der Waals surface area contributed by atoms with Crippen molar-refractivity contribution in [2.45, 2.75) is 23.5 Å². The summed E-state index contributed by atoms with van der Waals surface area (Å²) in [7, 11) is 0. The van der Waals surface area contributed by atoms with E-state index in [1.165, 1.54) is 23.3 Å². The highest BCUT2D eigenvalue weighted by Crippen LogP contribution is 2.37. The molecule has 0 unspecified atom stereocenters. The minimum atomic E-state index is -0.213. The van der Waals surface area contributed by atoms with Crippen molar-refractivity contribution in [3.05, 3.63) is 70.3 Å². The molecule has 0 fully saturated rings. The molecule has 0 atom stereocenters.